The van der Waals surface area contributed by atoms with Gasteiger partial charge in [-0.3, -0.25) is 9.80 Å². The summed E-state index contributed by atoms with van der Waals surface area (Å²) >= 11 is 0. The summed E-state index contributed by atoms with van der Waals surface area (Å²) in [5.41, 5.74) is 0.386. The largest absolute Gasteiger partial charge is 0.299 e. The van der Waals surface area contributed by atoms with E-state index in [-0.39, 0.29) is 0 Å². The molecule has 0 saturated carbocycles. The van der Waals surface area contributed by atoms with Crippen LogP contribution in [0.2, 0.25) is 0 Å². The standard InChI is InChI=1S/C9H18N2/c1-9(2,3)11-5-4-10-6-8(11)7-10/h8H,4-7H2,1-3H3. The molecule has 0 atom stereocenters. The van der Waals surface area contributed by atoms with Crippen LogP contribution in [0.5, 0.6) is 0 Å². The van der Waals surface area contributed by atoms with Crippen molar-refractivity contribution in [2.24, 2.45) is 0 Å². The summed E-state index contributed by atoms with van der Waals surface area (Å²) in [4.78, 5) is 5.18. The van der Waals surface area contributed by atoms with Crippen molar-refractivity contribution in [3.8, 4) is 0 Å². The highest BCUT2D eigenvalue weighted by molar-refractivity contribution is 4.97. The molecule has 64 valence electrons. The Kier molecular flexibility index (Phi) is 1.52. The van der Waals surface area contributed by atoms with Crippen LogP contribution >= 0.6 is 0 Å². The van der Waals surface area contributed by atoms with Gasteiger partial charge < -0.3 is 0 Å². The Morgan fingerprint density at radius 3 is 2.00 bits per heavy atom. The summed E-state index contributed by atoms with van der Waals surface area (Å²) in [5, 5.41) is 0. The van der Waals surface area contributed by atoms with E-state index < -0.39 is 0 Å². The lowest BCUT2D eigenvalue weighted by Gasteiger charge is -2.56. The second kappa shape index (κ2) is 2.20. The minimum atomic E-state index is 0.386. The maximum absolute atomic E-state index is 2.65. The van der Waals surface area contributed by atoms with E-state index in [9.17, 15) is 0 Å². The van der Waals surface area contributed by atoms with Crippen LogP contribution in [0, 0.1) is 0 Å². The van der Waals surface area contributed by atoms with Crippen LogP contribution in [-0.4, -0.2) is 47.6 Å². The van der Waals surface area contributed by atoms with Crippen molar-refractivity contribution in [1.29, 1.82) is 0 Å². The van der Waals surface area contributed by atoms with E-state index in [0.717, 1.165) is 6.04 Å². The van der Waals surface area contributed by atoms with E-state index in [1.807, 2.05) is 0 Å². The Hall–Kier alpha value is -0.0800. The molecule has 0 spiro atoms. The fraction of sp³-hybridized carbons (Fsp3) is 1.00. The smallest absolute Gasteiger partial charge is 0.0356 e. The van der Waals surface area contributed by atoms with E-state index in [0.29, 0.717) is 5.54 Å². The average Bonchev–Trinajstić information content (AvgIpc) is 1.84. The minimum absolute atomic E-state index is 0.386. The van der Waals surface area contributed by atoms with Gasteiger partial charge in [0.1, 0.15) is 0 Å². The monoisotopic (exact) mass is 154 g/mol. The molecule has 3 saturated heterocycles. The molecule has 3 rings (SSSR count). The first kappa shape index (κ1) is 7.56. The summed E-state index contributed by atoms with van der Waals surface area (Å²) < 4.78 is 0. The quantitative estimate of drug-likeness (QED) is 0.509. The van der Waals surface area contributed by atoms with Gasteiger partial charge in [-0.25, -0.2) is 0 Å². The highest BCUT2D eigenvalue weighted by Gasteiger charge is 2.40. The van der Waals surface area contributed by atoms with Crippen LogP contribution in [0.15, 0.2) is 0 Å². The molecule has 0 aromatic rings. The minimum Gasteiger partial charge on any atom is -0.299 e. The zero-order valence-electron chi connectivity index (χ0n) is 7.80. The van der Waals surface area contributed by atoms with Crippen molar-refractivity contribution >= 4 is 0 Å². The van der Waals surface area contributed by atoms with Crippen molar-refractivity contribution in [2.75, 3.05) is 26.2 Å². The first-order valence-corrected chi connectivity index (χ1v) is 4.56. The molecule has 2 bridgehead atoms. The highest BCUT2D eigenvalue weighted by atomic mass is 15.4. The van der Waals surface area contributed by atoms with Crippen LogP contribution in [-0.2, 0) is 0 Å². The average molecular weight is 154 g/mol. The van der Waals surface area contributed by atoms with Gasteiger partial charge in [0, 0.05) is 37.8 Å². The second-order valence-corrected chi connectivity index (χ2v) is 4.78. The lowest BCUT2D eigenvalue weighted by atomic mass is 9.95. The molecule has 0 amide bonds. The van der Waals surface area contributed by atoms with Gasteiger partial charge in [0.15, 0.2) is 0 Å². The SMILES string of the molecule is CC(C)(C)N1CCN2CC1C2. The Bertz CT molecular complexity index is 151. The Labute approximate surface area is 69.2 Å². The van der Waals surface area contributed by atoms with E-state index in [2.05, 4.69) is 30.6 Å². The molecular formula is C9H18N2. The zero-order valence-corrected chi connectivity index (χ0v) is 7.80. The summed E-state index contributed by atoms with van der Waals surface area (Å²) in [6.07, 6.45) is 0. The summed E-state index contributed by atoms with van der Waals surface area (Å²) in [6.45, 7) is 12.2. The molecule has 11 heavy (non-hydrogen) atoms. The summed E-state index contributed by atoms with van der Waals surface area (Å²) in [5.74, 6) is 0. The van der Waals surface area contributed by atoms with Gasteiger partial charge in [0.25, 0.3) is 0 Å². The van der Waals surface area contributed by atoms with Gasteiger partial charge in [-0.05, 0) is 20.8 Å². The predicted molar refractivity (Wildman–Crippen MR) is 46.7 cm³/mol. The summed E-state index contributed by atoms with van der Waals surface area (Å²) in [6, 6.07) is 0.865. The molecule has 0 N–H and O–H groups in total. The summed E-state index contributed by atoms with van der Waals surface area (Å²) in [7, 11) is 0. The van der Waals surface area contributed by atoms with Crippen LogP contribution < -0.4 is 0 Å². The normalized spacial score (nSPS) is 38.5. The number of fused-ring (bicyclic) bond motifs is 2. The second-order valence-electron chi connectivity index (χ2n) is 4.78. The third-order valence-electron chi connectivity index (χ3n) is 2.90. The highest BCUT2D eigenvalue weighted by Crippen LogP contribution is 2.27. The van der Waals surface area contributed by atoms with Gasteiger partial charge in [0.2, 0.25) is 0 Å². The van der Waals surface area contributed by atoms with Crippen LogP contribution in [0.4, 0.5) is 0 Å². The van der Waals surface area contributed by atoms with Crippen LogP contribution in [0.1, 0.15) is 20.8 Å². The Morgan fingerprint density at radius 2 is 1.73 bits per heavy atom. The van der Waals surface area contributed by atoms with Crippen molar-refractivity contribution in [3.63, 3.8) is 0 Å². The predicted octanol–water partition coefficient (Wildman–Crippen LogP) is 0.785. The fourth-order valence-corrected chi connectivity index (χ4v) is 2.24. The molecule has 3 fully saturated rings. The number of hydrogen-bond acceptors (Lipinski definition) is 2. The third-order valence-corrected chi connectivity index (χ3v) is 2.90. The zero-order chi connectivity index (χ0) is 8.06. The van der Waals surface area contributed by atoms with Gasteiger partial charge in [-0.1, -0.05) is 0 Å². The molecule has 0 radical (unpaired) electrons. The van der Waals surface area contributed by atoms with Gasteiger partial charge in [0.05, 0.1) is 0 Å². The molecule has 2 heteroatoms. The third kappa shape index (κ3) is 1.18. The van der Waals surface area contributed by atoms with Gasteiger partial charge in [-0.15, -0.1) is 0 Å². The molecule has 3 aliphatic rings. The maximum Gasteiger partial charge on any atom is 0.0356 e. The fourth-order valence-electron chi connectivity index (χ4n) is 2.24. The molecular weight excluding hydrogens is 136 g/mol. The van der Waals surface area contributed by atoms with E-state index in [4.69, 9.17) is 0 Å². The number of piperazine rings is 2. The van der Waals surface area contributed by atoms with E-state index >= 15 is 0 Å². The van der Waals surface area contributed by atoms with Crippen molar-refractivity contribution in [3.05, 3.63) is 0 Å². The van der Waals surface area contributed by atoms with E-state index in [1.165, 1.54) is 26.2 Å². The molecule has 0 unspecified atom stereocenters. The molecule has 0 aromatic heterocycles. The molecule has 0 aliphatic carbocycles. The van der Waals surface area contributed by atoms with Crippen molar-refractivity contribution < 1.29 is 0 Å². The lowest BCUT2D eigenvalue weighted by molar-refractivity contribution is -0.0694. The first-order valence-electron chi connectivity index (χ1n) is 4.56. The number of rotatable bonds is 0. The molecule has 2 nitrogen and oxygen atoms in total. The van der Waals surface area contributed by atoms with Gasteiger partial charge >= 0.3 is 0 Å². The number of hydrogen-bond donors (Lipinski definition) is 0. The van der Waals surface area contributed by atoms with Crippen LogP contribution in [0.25, 0.3) is 0 Å². The number of nitrogens with zero attached hydrogens (tertiary/aromatic N) is 2. The lowest BCUT2D eigenvalue weighted by Crippen LogP contribution is -2.70. The van der Waals surface area contributed by atoms with Gasteiger partial charge in [-0.2, -0.15) is 0 Å². The molecule has 3 aliphatic heterocycles. The van der Waals surface area contributed by atoms with Crippen molar-refractivity contribution in [1.82, 2.24) is 9.80 Å². The Balaban J connectivity index is 2.03. The maximum atomic E-state index is 2.65. The first-order chi connectivity index (χ1) is 5.07. The van der Waals surface area contributed by atoms with Crippen LogP contribution in [0.3, 0.4) is 0 Å². The van der Waals surface area contributed by atoms with E-state index in [1.54, 1.807) is 0 Å². The topological polar surface area (TPSA) is 6.48 Å². The van der Waals surface area contributed by atoms with Crippen molar-refractivity contribution in [2.45, 2.75) is 32.4 Å². The Morgan fingerprint density at radius 1 is 1.09 bits per heavy atom. The molecule has 3 heterocycles. The molecule has 0 aromatic carbocycles.